The average Bonchev–Trinajstić information content (AvgIpc) is 3.17. The lowest BCUT2D eigenvalue weighted by molar-refractivity contribution is -0.125. The summed E-state index contributed by atoms with van der Waals surface area (Å²) in [6.07, 6.45) is 2.32. The molecule has 0 bridgehead atoms. The van der Waals surface area contributed by atoms with Gasteiger partial charge in [-0.15, -0.1) is 0 Å². The molecule has 5 heteroatoms. The van der Waals surface area contributed by atoms with E-state index in [-0.39, 0.29) is 5.91 Å². The predicted octanol–water partition coefficient (Wildman–Crippen LogP) is 3.69. The number of para-hydroxylation sites is 1. The summed E-state index contributed by atoms with van der Waals surface area (Å²) < 4.78 is 5.14. The number of carbonyl (C=O) groups excluding carboxylic acids is 1. The molecule has 0 atom stereocenters. The number of rotatable bonds is 6. The molecule has 2 N–H and O–H groups in total. The predicted molar refractivity (Wildman–Crippen MR) is 97.0 cm³/mol. The Labute approximate surface area is 147 Å². The topological polar surface area (TPSA) is 67.2 Å². The summed E-state index contributed by atoms with van der Waals surface area (Å²) in [4.78, 5) is 12.5. The Balaban J connectivity index is 1.70. The first-order valence-corrected chi connectivity index (χ1v) is 8.17. The van der Waals surface area contributed by atoms with Gasteiger partial charge in [-0.3, -0.25) is 15.6 Å². The van der Waals surface area contributed by atoms with Crippen LogP contribution in [0.5, 0.6) is 0 Å². The molecule has 3 aromatic rings. The van der Waals surface area contributed by atoms with Gasteiger partial charge in [0.25, 0.3) is 5.91 Å². The second kappa shape index (κ2) is 7.21. The van der Waals surface area contributed by atoms with Gasteiger partial charge in [0, 0.05) is 6.07 Å². The van der Waals surface area contributed by atoms with Gasteiger partial charge < -0.3 is 4.52 Å². The molecule has 2 aromatic carbocycles. The number of aromatic nitrogens is 1. The minimum atomic E-state index is -0.822. The fraction of sp³-hybridized carbons (Fsp3) is 0.200. The highest BCUT2D eigenvalue weighted by Crippen LogP contribution is 2.23. The fourth-order valence-corrected chi connectivity index (χ4v) is 2.54. The van der Waals surface area contributed by atoms with Crippen LogP contribution in [0.4, 0.5) is 5.69 Å². The van der Waals surface area contributed by atoms with Crippen molar-refractivity contribution in [2.45, 2.75) is 25.7 Å². The van der Waals surface area contributed by atoms with Crippen LogP contribution in [0, 0.1) is 0 Å². The molecule has 0 aliphatic carbocycles. The summed E-state index contributed by atoms with van der Waals surface area (Å²) in [6, 6.07) is 19.8. The highest BCUT2D eigenvalue weighted by Gasteiger charge is 2.33. The van der Waals surface area contributed by atoms with Crippen molar-refractivity contribution in [1.29, 1.82) is 0 Å². The van der Waals surface area contributed by atoms with Crippen molar-refractivity contribution in [2.75, 3.05) is 5.43 Å². The second-order valence-electron chi connectivity index (χ2n) is 6.40. The zero-order chi connectivity index (χ0) is 17.7. The van der Waals surface area contributed by atoms with E-state index in [4.69, 9.17) is 4.52 Å². The highest BCUT2D eigenvalue weighted by molar-refractivity contribution is 5.87. The van der Waals surface area contributed by atoms with Crippen molar-refractivity contribution in [3.05, 3.63) is 83.7 Å². The van der Waals surface area contributed by atoms with Crippen LogP contribution in [0.2, 0.25) is 0 Å². The second-order valence-corrected chi connectivity index (χ2v) is 6.40. The molecule has 25 heavy (non-hydrogen) atoms. The molecular weight excluding hydrogens is 314 g/mol. The zero-order valence-corrected chi connectivity index (χ0v) is 14.3. The standard InChI is InChI=1S/C20H21N3O2/c1-20(2,18-12-13-21-25-18)19(24)23-22-17-11-7-6-10-16(17)14-15-8-4-3-5-9-15/h3-13,22H,14H2,1-2H3,(H,23,24). The lowest BCUT2D eigenvalue weighted by Gasteiger charge is -2.21. The van der Waals surface area contributed by atoms with Gasteiger partial charge in [-0.1, -0.05) is 53.7 Å². The normalized spacial score (nSPS) is 11.1. The number of hydrogen-bond donors (Lipinski definition) is 2. The SMILES string of the molecule is CC(C)(C(=O)NNc1ccccc1Cc1ccccc1)c1ccno1. The summed E-state index contributed by atoms with van der Waals surface area (Å²) >= 11 is 0. The maximum Gasteiger partial charge on any atom is 0.251 e. The number of benzene rings is 2. The summed E-state index contributed by atoms with van der Waals surface area (Å²) in [6.45, 7) is 3.58. The number of hydrogen-bond acceptors (Lipinski definition) is 4. The maximum atomic E-state index is 12.5. The van der Waals surface area contributed by atoms with Crippen molar-refractivity contribution in [2.24, 2.45) is 0 Å². The molecule has 1 amide bonds. The molecular formula is C20H21N3O2. The number of nitrogens with one attached hydrogen (secondary N) is 2. The van der Waals surface area contributed by atoms with Gasteiger partial charge in [0.05, 0.1) is 11.9 Å². The Kier molecular flexibility index (Phi) is 4.84. The van der Waals surface area contributed by atoms with Crippen LogP contribution >= 0.6 is 0 Å². The Morgan fingerprint density at radius 1 is 1.04 bits per heavy atom. The number of nitrogens with zero attached hydrogens (tertiary/aromatic N) is 1. The molecule has 0 unspecified atom stereocenters. The lowest BCUT2D eigenvalue weighted by Crippen LogP contribution is -2.42. The first-order valence-electron chi connectivity index (χ1n) is 8.17. The maximum absolute atomic E-state index is 12.5. The summed E-state index contributed by atoms with van der Waals surface area (Å²) in [5.74, 6) is 0.322. The van der Waals surface area contributed by atoms with Crippen LogP contribution in [0.25, 0.3) is 0 Å². The minimum absolute atomic E-state index is 0.196. The van der Waals surface area contributed by atoms with Gasteiger partial charge in [-0.25, -0.2) is 0 Å². The third kappa shape index (κ3) is 3.88. The van der Waals surface area contributed by atoms with Gasteiger partial charge in [0.15, 0.2) is 5.76 Å². The molecule has 0 saturated carbocycles. The Morgan fingerprint density at radius 3 is 2.48 bits per heavy atom. The molecule has 0 radical (unpaired) electrons. The molecule has 1 aromatic heterocycles. The van der Waals surface area contributed by atoms with E-state index in [9.17, 15) is 4.79 Å². The number of anilines is 1. The highest BCUT2D eigenvalue weighted by atomic mass is 16.5. The van der Waals surface area contributed by atoms with Crippen LogP contribution in [-0.2, 0) is 16.6 Å². The van der Waals surface area contributed by atoms with Crippen molar-refractivity contribution >= 4 is 11.6 Å². The van der Waals surface area contributed by atoms with Crippen LogP contribution in [0.1, 0.15) is 30.7 Å². The van der Waals surface area contributed by atoms with Crippen LogP contribution < -0.4 is 10.9 Å². The molecule has 0 spiro atoms. The van der Waals surface area contributed by atoms with Gasteiger partial charge in [-0.05, 0) is 37.5 Å². The summed E-state index contributed by atoms with van der Waals surface area (Å²) in [5, 5.41) is 3.67. The quantitative estimate of drug-likeness (QED) is 0.674. The molecule has 3 rings (SSSR count). The molecule has 0 fully saturated rings. The van der Waals surface area contributed by atoms with Crippen molar-refractivity contribution in [1.82, 2.24) is 10.6 Å². The van der Waals surface area contributed by atoms with Gasteiger partial charge in [0.2, 0.25) is 0 Å². The van der Waals surface area contributed by atoms with E-state index in [0.717, 1.165) is 17.7 Å². The third-order valence-electron chi connectivity index (χ3n) is 4.19. The molecule has 0 aliphatic heterocycles. The largest absolute Gasteiger partial charge is 0.360 e. The molecule has 1 heterocycles. The molecule has 5 nitrogen and oxygen atoms in total. The van der Waals surface area contributed by atoms with E-state index in [1.165, 1.54) is 11.8 Å². The van der Waals surface area contributed by atoms with Gasteiger partial charge in [0.1, 0.15) is 5.41 Å². The zero-order valence-electron chi connectivity index (χ0n) is 14.3. The fourth-order valence-electron chi connectivity index (χ4n) is 2.54. The van der Waals surface area contributed by atoms with E-state index < -0.39 is 5.41 Å². The smallest absolute Gasteiger partial charge is 0.251 e. The van der Waals surface area contributed by atoms with E-state index in [1.807, 2.05) is 42.5 Å². The monoisotopic (exact) mass is 335 g/mol. The molecule has 0 aliphatic rings. The van der Waals surface area contributed by atoms with Crippen molar-refractivity contribution in [3.8, 4) is 0 Å². The van der Waals surface area contributed by atoms with E-state index >= 15 is 0 Å². The lowest BCUT2D eigenvalue weighted by atomic mass is 9.89. The number of carbonyl (C=O) groups is 1. The first-order chi connectivity index (χ1) is 12.1. The first kappa shape index (κ1) is 16.8. The Bertz CT molecular complexity index is 827. The minimum Gasteiger partial charge on any atom is -0.360 e. The summed E-state index contributed by atoms with van der Waals surface area (Å²) in [7, 11) is 0. The Hall–Kier alpha value is -3.08. The number of hydrazine groups is 1. The van der Waals surface area contributed by atoms with Crippen LogP contribution in [0.15, 0.2) is 71.4 Å². The number of amides is 1. The van der Waals surface area contributed by atoms with Crippen LogP contribution in [-0.4, -0.2) is 11.1 Å². The van der Waals surface area contributed by atoms with E-state index in [2.05, 4.69) is 28.1 Å². The van der Waals surface area contributed by atoms with Crippen molar-refractivity contribution in [3.63, 3.8) is 0 Å². The van der Waals surface area contributed by atoms with Crippen LogP contribution in [0.3, 0.4) is 0 Å². The molecule has 0 saturated heterocycles. The van der Waals surface area contributed by atoms with Gasteiger partial charge >= 0.3 is 0 Å². The van der Waals surface area contributed by atoms with Gasteiger partial charge in [-0.2, -0.15) is 0 Å². The van der Waals surface area contributed by atoms with E-state index in [1.54, 1.807) is 19.9 Å². The Morgan fingerprint density at radius 2 is 1.76 bits per heavy atom. The van der Waals surface area contributed by atoms with E-state index in [0.29, 0.717) is 5.76 Å². The summed E-state index contributed by atoms with van der Waals surface area (Å²) in [5.41, 5.74) is 8.18. The molecule has 128 valence electrons. The van der Waals surface area contributed by atoms with Crippen molar-refractivity contribution < 1.29 is 9.32 Å². The average molecular weight is 335 g/mol. The third-order valence-corrected chi connectivity index (χ3v) is 4.19.